The molecule has 19 heavy (non-hydrogen) atoms. The van der Waals surface area contributed by atoms with Gasteiger partial charge in [0.15, 0.2) is 0 Å². The van der Waals surface area contributed by atoms with Gasteiger partial charge in [0.25, 0.3) is 0 Å². The smallest absolute Gasteiger partial charge is 0.303 e. The van der Waals surface area contributed by atoms with Crippen LogP contribution < -0.4 is 0 Å². The molecule has 0 aromatic rings. The molecule has 2 N–H and O–H groups in total. The summed E-state index contributed by atoms with van der Waals surface area (Å²) in [5.41, 5.74) is 0. The molecule has 114 valence electrons. The molecule has 0 radical (unpaired) electrons. The van der Waals surface area contributed by atoms with Crippen molar-refractivity contribution in [1.82, 2.24) is 0 Å². The fourth-order valence-electron chi connectivity index (χ4n) is 1.56. The molecule has 0 aliphatic carbocycles. The van der Waals surface area contributed by atoms with Crippen molar-refractivity contribution in [2.75, 3.05) is 0 Å². The van der Waals surface area contributed by atoms with Gasteiger partial charge in [0.2, 0.25) is 0 Å². The van der Waals surface area contributed by atoms with Gasteiger partial charge in [0.05, 0.1) is 0 Å². The van der Waals surface area contributed by atoms with E-state index in [0.29, 0.717) is 12.8 Å². The molecule has 0 aliphatic heterocycles. The van der Waals surface area contributed by atoms with Gasteiger partial charge in [-0.1, -0.05) is 58.8 Å². The molecule has 0 saturated carbocycles. The number of carboxylic acid groups (broad SMARTS) is 2. The van der Waals surface area contributed by atoms with Crippen LogP contribution >= 0.6 is 0 Å². The van der Waals surface area contributed by atoms with E-state index < -0.39 is 11.9 Å². The average Bonchev–Trinajstić information content (AvgIpc) is 2.35. The Bertz CT molecular complexity index is 214. The highest BCUT2D eigenvalue weighted by Gasteiger charge is 1.95. The first-order valence-corrected chi connectivity index (χ1v) is 7.48. The first-order valence-electron chi connectivity index (χ1n) is 7.48. The van der Waals surface area contributed by atoms with Gasteiger partial charge in [-0.05, 0) is 12.8 Å². The third-order valence-electron chi connectivity index (χ3n) is 2.74. The minimum absolute atomic E-state index is 0.316. The highest BCUT2D eigenvalue weighted by Crippen LogP contribution is 2.07. The molecular weight excluding hydrogens is 244 g/mol. The van der Waals surface area contributed by atoms with Crippen molar-refractivity contribution in [3.63, 3.8) is 0 Å². The van der Waals surface area contributed by atoms with Gasteiger partial charge in [-0.3, -0.25) is 9.59 Å². The minimum atomic E-state index is -0.693. The zero-order chi connectivity index (χ0) is 14.9. The summed E-state index contributed by atoms with van der Waals surface area (Å²) in [5, 5.41) is 16.4. The summed E-state index contributed by atoms with van der Waals surface area (Å²) in [6.07, 6.45) is 10.7. The Hall–Kier alpha value is -1.06. The van der Waals surface area contributed by atoms with Crippen molar-refractivity contribution < 1.29 is 19.8 Å². The summed E-state index contributed by atoms with van der Waals surface area (Å²) in [6.45, 7) is 4.17. The van der Waals surface area contributed by atoms with Crippen molar-refractivity contribution in [2.24, 2.45) is 0 Å². The predicted octanol–water partition coefficient (Wildman–Crippen LogP) is 4.47. The number of rotatable bonds is 11. The van der Waals surface area contributed by atoms with Gasteiger partial charge in [-0.25, -0.2) is 0 Å². The Morgan fingerprint density at radius 1 is 0.632 bits per heavy atom. The molecule has 0 atom stereocenters. The summed E-state index contributed by atoms with van der Waals surface area (Å²) in [5.74, 6) is -1.36. The van der Waals surface area contributed by atoms with Crippen molar-refractivity contribution >= 4 is 11.9 Å². The molecule has 4 nitrogen and oxygen atoms in total. The number of carboxylic acids is 2. The molecule has 0 unspecified atom stereocenters. The SMILES string of the molecule is CCCCC(=O)O.CCCCCCCCCC(=O)O. The fraction of sp³-hybridized carbons (Fsp3) is 0.867. The van der Waals surface area contributed by atoms with E-state index >= 15 is 0 Å². The molecule has 0 rings (SSSR count). The summed E-state index contributed by atoms with van der Waals surface area (Å²) in [6, 6.07) is 0. The minimum Gasteiger partial charge on any atom is -0.481 e. The summed E-state index contributed by atoms with van der Waals surface area (Å²) >= 11 is 0. The van der Waals surface area contributed by atoms with E-state index in [1.807, 2.05) is 6.92 Å². The number of unbranched alkanes of at least 4 members (excludes halogenated alkanes) is 7. The second-order valence-corrected chi connectivity index (χ2v) is 4.76. The zero-order valence-electron chi connectivity index (χ0n) is 12.5. The quantitative estimate of drug-likeness (QED) is 0.545. The van der Waals surface area contributed by atoms with Crippen LogP contribution in [0.1, 0.15) is 84.5 Å². The lowest BCUT2D eigenvalue weighted by Gasteiger charge is -1.98. The molecule has 0 bridgehead atoms. The predicted molar refractivity (Wildman–Crippen MR) is 77.4 cm³/mol. The third-order valence-corrected chi connectivity index (χ3v) is 2.74. The van der Waals surface area contributed by atoms with E-state index in [-0.39, 0.29) is 0 Å². The monoisotopic (exact) mass is 274 g/mol. The Labute approximate surface area is 117 Å². The van der Waals surface area contributed by atoms with Crippen LogP contribution in [0.2, 0.25) is 0 Å². The Balaban J connectivity index is 0. The molecule has 4 heteroatoms. The van der Waals surface area contributed by atoms with Crippen molar-refractivity contribution in [3.05, 3.63) is 0 Å². The lowest BCUT2D eigenvalue weighted by atomic mass is 10.1. The van der Waals surface area contributed by atoms with Crippen LogP contribution in [0, 0.1) is 0 Å². The van der Waals surface area contributed by atoms with E-state index in [4.69, 9.17) is 10.2 Å². The van der Waals surface area contributed by atoms with Gasteiger partial charge >= 0.3 is 11.9 Å². The maximum atomic E-state index is 10.1. The van der Waals surface area contributed by atoms with Gasteiger partial charge in [-0.15, -0.1) is 0 Å². The summed E-state index contributed by atoms with van der Waals surface area (Å²) in [7, 11) is 0. The van der Waals surface area contributed by atoms with Crippen LogP contribution in [-0.2, 0) is 9.59 Å². The fourth-order valence-corrected chi connectivity index (χ4v) is 1.56. The largest absolute Gasteiger partial charge is 0.481 e. The van der Waals surface area contributed by atoms with Crippen LogP contribution in [-0.4, -0.2) is 22.2 Å². The van der Waals surface area contributed by atoms with Crippen molar-refractivity contribution in [1.29, 1.82) is 0 Å². The summed E-state index contributed by atoms with van der Waals surface area (Å²) in [4.78, 5) is 19.9. The molecule has 0 aromatic heterocycles. The van der Waals surface area contributed by atoms with Crippen LogP contribution in [0.5, 0.6) is 0 Å². The number of aliphatic carboxylic acids is 2. The Morgan fingerprint density at radius 2 is 1.00 bits per heavy atom. The summed E-state index contributed by atoms with van der Waals surface area (Å²) < 4.78 is 0. The molecule has 0 saturated heterocycles. The molecule has 0 fully saturated rings. The lowest BCUT2D eigenvalue weighted by molar-refractivity contribution is -0.138. The number of hydrogen-bond acceptors (Lipinski definition) is 2. The highest BCUT2D eigenvalue weighted by atomic mass is 16.4. The van der Waals surface area contributed by atoms with Gasteiger partial charge < -0.3 is 10.2 Å². The van der Waals surface area contributed by atoms with Crippen LogP contribution in [0.4, 0.5) is 0 Å². The van der Waals surface area contributed by atoms with E-state index in [0.717, 1.165) is 25.7 Å². The standard InChI is InChI=1S/C10H20O2.C5H10O2/c1-2-3-4-5-6-7-8-9-10(11)12;1-2-3-4-5(6)7/h2-9H2,1H3,(H,11,12);2-4H2,1H3,(H,6,7). The molecule has 0 heterocycles. The van der Waals surface area contributed by atoms with E-state index in [1.54, 1.807) is 0 Å². The van der Waals surface area contributed by atoms with Crippen molar-refractivity contribution in [3.8, 4) is 0 Å². The van der Waals surface area contributed by atoms with Crippen molar-refractivity contribution in [2.45, 2.75) is 84.5 Å². The Kier molecular flexibility index (Phi) is 18.1. The van der Waals surface area contributed by atoms with Crippen LogP contribution in [0.3, 0.4) is 0 Å². The lowest BCUT2D eigenvalue weighted by Crippen LogP contribution is -1.93. The average molecular weight is 274 g/mol. The maximum Gasteiger partial charge on any atom is 0.303 e. The van der Waals surface area contributed by atoms with Gasteiger partial charge in [0, 0.05) is 12.8 Å². The second kappa shape index (κ2) is 16.9. The van der Waals surface area contributed by atoms with Gasteiger partial charge in [-0.2, -0.15) is 0 Å². The van der Waals surface area contributed by atoms with E-state index in [9.17, 15) is 9.59 Å². The topological polar surface area (TPSA) is 74.6 Å². The van der Waals surface area contributed by atoms with Crippen LogP contribution in [0.25, 0.3) is 0 Å². The normalized spacial score (nSPS) is 9.58. The first kappa shape index (κ1) is 20.3. The zero-order valence-corrected chi connectivity index (χ0v) is 12.5. The molecule has 0 amide bonds. The number of hydrogen-bond donors (Lipinski definition) is 2. The van der Waals surface area contributed by atoms with E-state index in [2.05, 4.69) is 6.92 Å². The Morgan fingerprint density at radius 3 is 1.37 bits per heavy atom. The molecule has 0 aliphatic rings. The highest BCUT2D eigenvalue weighted by molar-refractivity contribution is 5.66. The first-order chi connectivity index (χ1) is 9.04. The molecule has 0 spiro atoms. The van der Waals surface area contributed by atoms with E-state index in [1.165, 1.54) is 32.1 Å². The van der Waals surface area contributed by atoms with Gasteiger partial charge in [0.1, 0.15) is 0 Å². The molecular formula is C15H30O4. The second-order valence-electron chi connectivity index (χ2n) is 4.76. The number of carbonyl (C=O) groups is 2. The van der Waals surface area contributed by atoms with Crippen LogP contribution in [0.15, 0.2) is 0 Å². The molecule has 0 aromatic carbocycles. The maximum absolute atomic E-state index is 10.1. The third kappa shape index (κ3) is 26.5.